The van der Waals surface area contributed by atoms with Crippen LogP contribution in [0, 0.1) is 0 Å². The van der Waals surface area contributed by atoms with Gasteiger partial charge in [0.05, 0.1) is 4.34 Å². The number of hydrogen-bond acceptors (Lipinski definition) is 3. The SMILES string of the molecule is Clc1cc2c(s1)CCNNC2. The van der Waals surface area contributed by atoms with Crippen LogP contribution in [0.4, 0.5) is 0 Å². The number of rotatable bonds is 0. The lowest BCUT2D eigenvalue weighted by atomic mass is 10.2. The van der Waals surface area contributed by atoms with Gasteiger partial charge in [-0.15, -0.1) is 11.3 Å². The molecule has 0 aromatic carbocycles. The van der Waals surface area contributed by atoms with E-state index in [1.54, 1.807) is 11.3 Å². The molecule has 0 bridgehead atoms. The largest absolute Gasteiger partial charge is 0.257 e. The summed E-state index contributed by atoms with van der Waals surface area (Å²) in [7, 11) is 0. The number of halogens is 1. The lowest BCUT2D eigenvalue weighted by molar-refractivity contribution is 0.554. The summed E-state index contributed by atoms with van der Waals surface area (Å²) in [6.07, 6.45) is 1.08. The molecule has 1 aliphatic rings. The quantitative estimate of drug-likeness (QED) is 0.646. The molecule has 0 unspecified atom stereocenters. The zero-order valence-electron chi connectivity index (χ0n) is 5.98. The van der Waals surface area contributed by atoms with Crippen LogP contribution < -0.4 is 10.9 Å². The summed E-state index contributed by atoms with van der Waals surface area (Å²) in [5, 5.41) is 0. The first-order valence-electron chi connectivity index (χ1n) is 3.59. The van der Waals surface area contributed by atoms with E-state index in [1.165, 1.54) is 10.4 Å². The normalized spacial score (nSPS) is 17.5. The first kappa shape index (κ1) is 7.55. The summed E-state index contributed by atoms with van der Waals surface area (Å²) in [6, 6.07) is 2.04. The summed E-state index contributed by atoms with van der Waals surface area (Å²) < 4.78 is 0.902. The van der Waals surface area contributed by atoms with Crippen LogP contribution in [0.3, 0.4) is 0 Å². The van der Waals surface area contributed by atoms with E-state index in [4.69, 9.17) is 11.6 Å². The maximum Gasteiger partial charge on any atom is 0.0934 e. The van der Waals surface area contributed by atoms with Crippen molar-refractivity contribution < 1.29 is 0 Å². The standard InChI is InChI=1S/C7H9ClN2S/c8-7-3-5-4-10-9-2-1-6(5)11-7/h3,9-10H,1-2,4H2. The summed E-state index contributed by atoms with van der Waals surface area (Å²) in [5.41, 5.74) is 7.57. The number of nitrogens with one attached hydrogen (secondary N) is 2. The second kappa shape index (κ2) is 3.11. The fourth-order valence-electron chi connectivity index (χ4n) is 1.21. The Balaban J connectivity index is 2.32. The summed E-state index contributed by atoms with van der Waals surface area (Å²) >= 11 is 7.56. The second-order valence-corrected chi connectivity index (χ2v) is 4.30. The van der Waals surface area contributed by atoms with Gasteiger partial charge in [-0.2, -0.15) is 0 Å². The Labute approximate surface area is 74.5 Å². The number of fused-ring (bicyclic) bond motifs is 1. The van der Waals surface area contributed by atoms with Crippen molar-refractivity contribution in [2.24, 2.45) is 0 Å². The van der Waals surface area contributed by atoms with E-state index < -0.39 is 0 Å². The molecular formula is C7H9ClN2S. The van der Waals surface area contributed by atoms with Gasteiger partial charge in [0.15, 0.2) is 0 Å². The molecule has 0 radical (unpaired) electrons. The molecule has 11 heavy (non-hydrogen) atoms. The first-order chi connectivity index (χ1) is 5.36. The van der Waals surface area contributed by atoms with E-state index in [2.05, 4.69) is 10.9 Å². The molecule has 0 aliphatic carbocycles. The van der Waals surface area contributed by atoms with E-state index >= 15 is 0 Å². The molecule has 1 aromatic heterocycles. The van der Waals surface area contributed by atoms with E-state index in [1.807, 2.05) is 6.07 Å². The molecule has 2 heterocycles. The second-order valence-electron chi connectivity index (χ2n) is 2.53. The van der Waals surface area contributed by atoms with Gasteiger partial charge in [0.1, 0.15) is 0 Å². The molecule has 2 N–H and O–H groups in total. The van der Waals surface area contributed by atoms with Crippen LogP contribution in [0.2, 0.25) is 4.34 Å². The summed E-state index contributed by atoms with van der Waals surface area (Å²) in [6.45, 7) is 1.88. The number of hydrazine groups is 1. The first-order valence-corrected chi connectivity index (χ1v) is 4.78. The van der Waals surface area contributed by atoms with Crippen LogP contribution in [-0.2, 0) is 13.0 Å². The van der Waals surface area contributed by atoms with Crippen molar-refractivity contribution >= 4 is 22.9 Å². The highest BCUT2D eigenvalue weighted by molar-refractivity contribution is 7.16. The molecule has 60 valence electrons. The predicted octanol–water partition coefficient (Wildman–Crippen LogP) is 1.55. The fourth-order valence-corrected chi connectivity index (χ4v) is 2.53. The maximum atomic E-state index is 5.87. The predicted molar refractivity (Wildman–Crippen MR) is 47.9 cm³/mol. The van der Waals surface area contributed by atoms with Gasteiger partial charge in [0.2, 0.25) is 0 Å². The molecule has 1 aromatic rings. The summed E-state index contributed by atoms with van der Waals surface area (Å²) in [5.74, 6) is 0. The van der Waals surface area contributed by atoms with Crippen molar-refractivity contribution in [1.82, 2.24) is 10.9 Å². The van der Waals surface area contributed by atoms with Crippen molar-refractivity contribution in [3.63, 3.8) is 0 Å². The Hall–Kier alpha value is -0.0900. The van der Waals surface area contributed by atoms with Crippen LogP contribution in [-0.4, -0.2) is 6.54 Å². The highest BCUT2D eigenvalue weighted by Crippen LogP contribution is 2.27. The zero-order valence-corrected chi connectivity index (χ0v) is 7.56. The summed E-state index contributed by atoms with van der Waals surface area (Å²) in [4.78, 5) is 1.41. The Bertz CT molecular complexity index is 235. The number of thiophene rings is 1. The average Bonchev–Trinajstić information content (AvgIpc) is 2.17. The van der Waals surface area contributed by atoms with Gasteiger partial charge in [-0.25, -0.2) is 0 Å². The smallest absolute Gasteiger partial charge is 0.0934 e. The molecule has 0 atom stereocenters. The maximum absolute atomic E-state index is 5.87. The van der Waals surface area contributed by atoms with Crippen LogP contribution in [0.1, 0.15) is 10.4 Å². The van der Waals surface area contributed by atoms with Gasteiger partial charge in [0.25, 0.3) is 0 Å². The van der Waals surface area contributed by atoms with Gasteiger partial charge in [-0.1, -0.05) is 11.6 Å². The molecule has 0 spiro atoms. The van der Waals surface area contributed by atoms with Gasteiger partial charge in [-0.05, 0) is 18.1 Å². The van der Waals surface area contributed by atoms with Crippen molar-refractivity contribution in [1.29, 1.82) is 0 Å². The van der Waals surface area contributed by atoms with Crippen LogP contribution in [0.25, 0.3) is 0 Å². The van der Waals surface area contributed by atoms with E-state index in [0.29, 0.717) is 0 Å². The van der Waals surface area contributed by atoms with Gasteiger partial charge >= 0.3 is 0 Å². The fraction of sp³-hybridized carbons (Fsp3) is 0.429. The molecule has 0 saturated heterocycles. The molecule has 4 heteroatoms. The highest BCUT2D eigenvalue weighted by atomic mass is 35.5. The third-order valence-electron chi connectivity index (χ3n) is 1.75. The van der Waals surface area contributed by atoms with E-state index in [-0.39, 0.29) is 0 Å². The molecular weight excluding hydrogens is 180 g/mol. The molecule has 2 rings (SSSR count). The third kappa shape index (κ3) is 1.56. The van der Waals surface area contributed by atoms with Gasteiger partial charge in [0, 0.05) is 18.0 Å². The Morgan fingerprint density at radius 3 is 3.27 bits per heavy atom. The van der Waals surface area contributed by atoms with Crippen molar-refractivity contribution in [2.75, 3.05) is 6.54 Å². The Morgan fingerprint density at radius 2 is 2.36 bits per heavy atom. The molecule has 0 saturated carbocycles. The molecule has 0 amide bonds. The third-order valence-corrected chi connectivity index (χ3v) is 3.11. The van der Waals surface area contributed by atoms with Gasteiger partial charge in [-0.3, -0.25) is 10.9 Å². The highest BCUT2D eigenvalue weighted by Gasteiger charge is 2.09. The topological polar surface area (TPSA) is 24.1 Å². The minimum Gasteiger partial charge on any atom is -0.257 e. The number of hydrogen-bond donors (Lipinski definition) is 2. The van der Waals surface area contributed by atoms with Crippen molar-refractivity contribution in [3.05, 3.63) is 20.8 Å². The molecule has 0 fully saturated rings. The minimum atomic E-state index is 0.887. The Morgan fingerprint density at radius 1 is 1.45 bits per heavy atom. The van der Waals surface area contributed by atoms with Crippen LogP contribution in [0.15, 0.2) is 6.07 Å². The Kier molecular flexibility index (Phi) is 2.13. The van der Waals surface area contributed by atoms with Crippen molar-refractivity contribution in [2.45, 2.75) is 13.0 Å². The minimum absolute atomic E-state index is 0.887. The zero-order chi connectivity index (χ0) is 7.68. The van der Waals surface area contributed by atoms with Crippen molar-refractivity contribution in [3.8, 4) is 0 Å². The van der Waals surface area contributed by atoms with Crippen LogP contribution in [0.5, 0.6) is 0 Å². The lowest BCUT2D eigenvalue weighted by Gasteiger charge is -1.97. The molecule has 2 nitrogen and oxygen atoms in total. The average molecular weight is 189 g/mol. The van der Waals surface area contributed by atoms with Gasteiger partial charge < -0.3 is 0 Å². The molecule has 1 aliphatic heterocycles. The van der Waals surface area contributed by atoms with E-state index in [0.717, 1.165) is 23.8 Å². The lowest BCUT2D eigenvalue weighted by Crippen LogP contribution is -2.30. The van der Waals surface area contributed by atoms with E-state index in [9.17, 15) is 0 Å². The van der Waals surface area contributed by atoms with Crippen LogP contribution >= 0.6 is 22.9 Å². The monoisotopic (exact) mass is 188 g/mol.